The van der Waals surface area contributed by atoms with Gasteiger partial charge >= 0.3 is 0 Å². The monoisotopic (exact) mass is 1340 g/mol. The first kappa shape index (κ1) is 68.4. The minimum absolute atomic E-state index is 0.128. The molecule has 486 valence electrons. The molecule has 0 bridgehead atoms. The van der Waals surface area contributed by atoms with Crippen molar-refractivity contribution >= 4 is 116 Å². The zero-order chi connectivity index (χ0) is 64.5. The molecule has 9 heteroatoms. The van der Waals surface area contributed by atoms with Crippen LogP contribution in [0.5, 0.6) is 0 Å². The van der Waals surface area contributed by atoms with Crippen LogP contribution in [0.2, 0.25) is 0 Å². The highest BCUT2D eigenvalue weighted by atomic mass is 32.1. The number of thiophene rings is 6. The van der Waals surface area contributed by atoms with Crippen molar-refractivity contribution < 1.29 is 9.59 Å². The Kier molecular flexibility index (Phi) is 23.2. The molecule has 0 saturated carbocycles. The average molecular weight is 1340 g/mol. The molecule has 3 nitrogen and oxygen atoms in total. The quantitative estimate of drug-likeness (QED) is 0.0293. The van der Waals surface area contributed by atoms with Crippen LogP contribution in [0.1, 0.15) is 260 Å². The average Bonchev–Trinajstić information content (AvgIpc) is 1.54. The molecule has 0 fully saturated rings. The zero-order valence-electron chi connectivity index (χ0n) is 57.0. The summed E-state index contributed by atoms with van der Waals surface area (Å²) >= 11 is 11.6. The number of aryl methyl sites for hydroxylation is 1. The van der Waals surface area contributed by atoms with Crippen LogP contribution >= 0.6 is 68.0 Å². The van der Waals surface area contributed by atoms with E-state index in [4.69, 9.17) is 0 Å². The third kappa shape index (κ3) is 14.1. The molecule has 4 atom stereocenters. The van der Waals surface area contributed by atoms with Gasteiger partial charge in [0, 0.05) is 81.7 Å². The number of anilines is 1. The van der Waals surface area contributed by atoms with Gasteiger partial charge in [-0.15, -0.1) is 68.0 Å². The Labute approximate surface area is 576 Å². The Morgan fingerprint density at radius 2 is 1.04 bits per heavy atom. The van der Waals surface area contributed by atoms with Crippen molar-refractivity contribution in [2.45, 2.75) is 234 Å². The molecule has 1 aliphatic heterocycles. The van der Waals surface area contributed by atoms with Gasteiger partial charge in [-0.05, 0) is 128 Å². The van der Waals surface area contributed by atoms with Gasteiger partial charge in [-0.25, -0.2) is 4.90 Å². The fourth-order valence-corrected chi connectivity index (χ4v) is 23.3. The van der Waals surface area contributed by atoms with Crippen LogP contribution in [0, 0.1) is 17.8 Å². The normalized spacial score (nSPS) is 14.8. The molecule has 10 aromatic rings. The van der Waals surface area contributed by atoms with E-state index in [9.17, 15) is 0 Å². The number of carbonyl (C=O) groups excluding carboxylic acids is 2. The zero-order valence-corrected chi connectivity index (χ0v) is 61.9. The molecule has 0 aliphatic carbocycles. The first-order valence-electron chi connectivity index (χ1n) is 35.7. The maximum atomic E-state index is 15.6. The van der Waals surface area contributed by atoms with Gasteiger partial charge in [0.05, 0.1) is 20.8 Å². The van der Waals surface area contributed by atoms with E-state index in [-0.39, 0.29) is 17.2 Å². The van der Waals surface area contributed by atoms with Crippen LogP contribution in [-0.4, -0.2) is 11.8 Å². The number of amides is 2. The van der Waals surface area contributed by atoms with E-state index >= 15 is 9.59 Å². The smallest absolute Gasteiger partial charge is 0.268 e. The molecule has 1 aliphatic rings. The van der Waals surface area contributed by atoms with Crippen LogP contribution in [0.15, 0.2) is 121 Å². The molecule has 0 N–H and O–H groups in total. The van der Waals surface area contributed by atoms with Gasteiger partial charge in [-0.3, -0.25) is 9.59 Å². The van der Waals surface area contributed by atoms with Crippen molar-refractivity contribution in [3.05, 3.63) is 168 Å². The van der Waals surface area contributed by atoms with Crippen LogP contribution in [0.25, 0.3) is 60.9 Å². The fraction of sp³-hybridized carbons (Fsp3) is 0.470. The predicted octanol–water partition coefficient (Wildman–Crippen LogP) is 27.8. The summed E-state index contributed by atoms with van der Waals surface area (Å²) in [5, 5.41) is 3.68. The van der Waals surface area contributed by atoms with Crippen molar-refractivity contribution in [1.82, 2.24) is 0 Å². The number of carbonyl (C=O) groups is 2. The highest BCUT2D eigenvalue weighted by molar-refractivity contribution is 7.32. The SMILES string of the molecule is CCCCCCCCc1ccc(N2C(=O)c3sc4c(-c5cc6c(-c7ccc(CC(CC)CCCC)s7)c7sc(C(CC)(CCCC)c8ccccc8)cc7c(-c7ccc(CC(CC)CCCC)s7)c6s5)sc(C(C)(CCCC(C)C)c5ccccc5)c4c3C2=O)cc1. The second-order valence-electron chi connectivity index (χ2n) is 27.5. The van der Waals surface area contributed by atoms with Crippen LogP contribution in [0.3, 0.4) is 0 Å². The number of rotatable bonds is 35. The first-order chi connectivity index (χ1) is 44.8. The first-order valence-corrected chi connectivity index (χ1v) is 40.6. The Hall–Kier alpha value is -5.00. The predicted molar refractivity (Wildman–Crippen MR) is 410 cm³/mol. The molecule has 4 aromatic carbocycles. The lowest BCUT2D eigenvalue weighted by Crippen LogP contribution is -2.29. The van der Waals surface area contributed by atoms with Gasteiger partial charge < -0.3 is 0 Å². The number of imide groups is 1. The summed E-state index contributed by atoms with van der Waals surface area (Å²) in [6.07, 6.45) is 28.2. The summed E-state index contributed by atoms with van der Waals surface area (Å²) in [5.41, 5.74) is 7.37. The lowest BCUT2D eigenvalue weighted by Gasteiger charge is -2.33. The molecule has 6 aromatic heterocycles. The van der Waals surface area contributed by atoms with E-state index in [1.54, 1.807) is 11.3 Å². The molecular formula is C83H101NO2S6. The number of nitrogens with zero attached hydrogens (tertiary/aromatic N) is 1. The van der Waals surface area contributed by atoms with Crippen molar-refractivity contribution in [2.75, 3.05) is 4.90 Å². The Morgan fingerprint density at radius 3 is 1.63 bits per heavy atom. The summed E-state index contributed by atoms with van der Waals surface area (Å²) < 4.78 is 3.81. The summed E-state index contributed by atoms with van der Waals surface area (Å²) in [4.78, 5) is 43.8. The molecule has 11 rings (SSSR count). The second kappa shape index (κ2) is 31.3. The van der Waals surface area contributed by atoms with E-state index in [2.05, 4.69) is 190 Å². The topological polar surface area (TPSA) is 37.4 Å². The highest BCUT2D eigenvalue weighted by Crippen LogP contribution is 2.60. The second-order valence-corrected chi connectivity index (χ2v) is 34.0. The Balaban J connectivity index is 1.15. The van der Waals surface area contributed by atoms with Gasteiger partial charge in [-0.1, -0.05) is 251 Å². The van der Waals surface area contributed by atoms with E-state index in [1.807, 2.05) is 57.5 Å². The van der Waals surface area contributed by atoms with Crippen LogP contribution in [0.4, 0.5) is 5.69 Å². The van der Waals surface area contributed by atoms with E-state index < -0.39 is 5.41 Å². The molecule has 92 heavy (non-hydrogen) atoms. The number of fused-ring (bicyclic) bond motifs is 5. The maximum Gasteiger partial charge on any atom is 0.276 e. The standard InChI is InChI=1S/C83H101NO2S6/c1-11-18-22-23-24-27-36-58-41-43-61(44-42-58)84-80(85)73-72-77(91-78(73)81(84)86)76(92-79(72)82(10,49-32-33-55(8)9)59-37-28-25-29-38-59)68-53-64-70(66-47-45-62(87-66)51-56(15-5)34-19-12-2)75-65(54-69(90-75)83(17-7,50-21-14-4)60-39-30-26-31-40-60)71(74(64)89-68)67-48-46-63(88-67)52-57(16-6)35-20-13-3/h25-26,28-31,37-48,53-57H,11-24,27,32-36,49-52H2,1-10H3. The minimum atomic E-state index is -0.433. The lowest BCUT2D eigenvalue weighted by molar-refractivity contribution is 0.0927. The molecular weight excluding hydrogens is 1240 g/mol. The van der Waals surface area contributed by atoms with Crippen molar-refractivity contribution in [3.8, 4) is 30.6 Å². The maximum absolute atomic E-state index is 15.6. The number of benzene rings is 4. The van der Waals surface area contributed by atoms with E-state index in [0.29, 0.717) is 33.9 Å². The summed E-state index contributed by atoms with van der Waals surface area (Å²) in [6, 6.07) is 46.0. The van der Waals surface area contributed by atoms with Crippen LogP contribution in [-0.2, 0) is 30.1 Å². The minimum Gasteiger partial charge on any atom is -0.268 e. The summed E-state index contributed by atoms with van der Waals surface area (Å²) in [5.74, 6) is 1.51. The molecule has 4 unspecified atom stereocenters. The van der Waals surface area contributed by atoms with Gasteiger partial charge in [0.1, 0.15) is 4.88 Å². The molecule has 0 saturated heterocycles. The fourth-order valence-electron chi connectivity index (χ4n) is 14.9. The number of hydrogen-bond acceptors (Lipinski definition) is 8. The highest BCUT2D eigenvalue weighted by Gasteiger charge is 2.45. The van der Waals surface area contributed by atoms with Gasteiger partial charge in [-0.2, -0.15) is 0 Å². The van der Waals surface area contributed by atoms with Gasteiger partial charge in [0.25, 0.3) is 11.8 Å². The molecule has 0 spiro atoms. The molecule has 7 heterocycles. The third-order valence-electron chi connectivity index (χ3n) is 20.7. The van der Waals surface area contributed by atoms with Crippen molar-refractivity contribution in [1.29, 1.82) is 0 Å². The molecule has 0 radical (unpaired) electrons. The third-order valence-corrected chi connectivity index (χ3v) is 28.4. The molecule has 2 amide bonds. The summed E-state index contributed by atoms with van der Waals surface area (Å²) in [7, 11) is 0. The van der Waals surface area contributed by atoms with Crippen molar-refractivity contribution in [2.24, 2.45) is 17.8 Å². The number of hydrogen-bond donors (Lipinski definition) is 0. The van der Waals surface area contributed by atoms with Gasteiger partial charge in [0.15, 0.2) is 0 Å². The Bertz CT molecular complexity index is 3940. The van der Waals surface area contributed by atoms with Crippen LogP contribution < -0.4 is 4.90 Å². The Morgan fingerprint density at radius 1 is 0.467 bits per heavy atom. The summed E-state index contributed by atoms with van der Waals surface area (Å²) in [6.45, 7) is 23.6. The van der Waals surface area contributed by atoms with Gasteiger partial charge in [0.2, 0.25) is 0 Å². The number of unbranched alkanes of at least 4 members (excludes halogenated alkanes) is 8. The lowest BCUT2D eigenvalue weighted by atomic mass is 9.73. The van der Waals surface area contributed by atoms with E-state index in [1.165, 1.54) is 175 Å². The largest absolute Gasteiger partial charge is 0.276 e. The van der Waals surface area contributed by atoms with E-state index in [0.717, 1.165) is 80.7 Å². The van der Waals surface area contributed by atoms with Crippen molar-refractivity contribution in [3.63, 3.8) is 0 Å².